The zero-order valence-corrected chi connectivity index (χ0v) is 23.5. The quantitative estimate of drug-likeness (QED) is 0.430. The average Bonchev–Trinajstić information content (AvgIpc) is 3.17. The molecule has 2 saturated heterocycles. The first-order valence-electron chi connectivity index (χ1n) is 12.3. The highest BCUT2D eigenvalue weighted by atomic mass is 28.4. The van der Waals surface area contributed by atoms with Gasteiger partial charge in [0.1, 0.15) is 17.2 Å². The molecule has 0 radical (unpaired) electrons. The number of hydrogen-bond acceptors (Lipinski definition) is 6. The van der Waals surface area contributed by atoms with E-state index in [-0.39, 0.29) is 23.1 Å². The molecule has 2 fully saturated rings. The van der Waals surface area contributed by atoms with Gasteiger partial charge < -0.3 is 14.1 Å². The number of amides is 2. The fraction of sp³-hybridized carbons (Fsp3) is 0.760. The number of nitrogens with zero attached hydrogens (tertiary/aromatic N) is 4. The number of hydrogen-bond donors (Lipinski definition) is 0. The first-order chi connectivity index (χ1) is 15.5. The summed E-state index contributed by atoms with van der Waals surface area (Å²) >= 11 is 0. The highest BCUT2D eigenvalue weighted by Crippen LogP contribution is 2.49. The fourth-order valence-corrected chi connectivity index (χ4v) is 6.32. The number of ether oxygens (including phenoxy) is 1. The summed E-state index contributed by atoms with van der Waals surface area (Å²) in [6.45, 7) is 21.1. The minimum absolute atomic E-state index is 0.0219. The molecule has 0 saturated carbocycles. The monoisotopic (exact) mass is 490 g/mol. The maximum atomic E-state index is 13.9. The second-order valence-corrected chi connectivity index (χ2v) is 16.9. The van der Waals surface area contributed by atoms with Gasteiger partial charge in [0.05, 0.1) is 12.1 Å². The Bertz CT molecular complexity index is 912. The lowest BCUT2D eigenvalue weighted by molar-refractivity contribution is -0.181. The fourth-order valence-electron chi connectivity index (χ4n) is 4.91. The van der Waals surface area contributed by atoms with E-state index in [0.29, 0.717) is 18.8 Å². The van der Waals surface area contributed by atoms with E-state index in [0.717, 1.165) is 6.42 Å². The molecule has 8 nitrogen and oxygen atoms in total. The second kappa shape index (κ2) is 8.89. The predicted octanol–water partition coefficient (Wildman–Crippen LogP) is 4.93. The van der Waals surface area contributed by atoms with Crippen LogP contribution in [0, 0.1) is 0 Å². The van der Waals surface area contributed by atoms with E-state index in [1.807, 2.05) is 39.5 Å². The summed E-state index contributed by atoms with van der Waals surface area (Å²) in [6, 6.07) is 1.11. The van der Waals surface area contributed by atoms with Crippen LogP contribution in [0.15, 0.2) is 18.5 Å². The van der Waals surface area contributed by atoms with Crippen LogP contribution in [0.1, 0.15) is 80.1 Å². The smallest absolute Gasteiger partial charge is 0.411 e. The van der Waals surface area contributed by atoms with Crippen LogP contribution in [0.3, 0.4) is 0 Å². The van der Waals surface area contributed by atoms with Crippen LogP contribution in [0.4, 0.5) is 4.79 Å². The van der Waals surface area contributed by atoms with Gasteiger partial charge in [-0.1, -0.05) is 20.8 Å². The molecule has 1 spiro atoms. The second-order valence-electron chi connectivity index (χ2n) is 12.2. The van der Waals surface area contributed by atoms with Crippen LogP contribution >= 0.6 is 0 Å². The van der Waals surface area contributed by atoms with E-state index in [1.54, 1.807) is 23.4 Å². The zero-order chi connectivity index (χ0) is 25.7. The molecule has 34 heavy (non-hydrogen) atoms. The van der Waals surface area contributed by atoms with Crippen LogP contribution < -0.4 is 0 Å². The zero-order valence-electron chi connectivity index (χ0n) is 22.5. The van der Waals surface area contributed by atoms with Crippen molar-refractivity contribution in [3.8, 4) is 0 Å². The minimum atomic E-state index is -2.12. The normalized spacial score (nSPS) is 25.4. The molecule has 0 N–H and O–H groups in total. The molecule has 0 bridgehead atoms. The van der Waals surface area contributed by atoms with Crippen molar-refractivity contribution in [1.82, 2.24) is 19.8 Å². The molecule has 0 aliphatic carbocycles. The van der Waals surface area contributed by atoms with Crippen molar-refractivity contribution in [3.63, 3.8) is 0 Å². The molecule has 2 amide bonds. The van der Waals surface area contributed by atoms with E-state index >= 15 is 0 Å². The van der Waals surface area contributed by atoms with Gasteiger partial charge in [0.2, 0.25) is 0 Å². The van der Waals surface area contributed by atoms with Gasteiger partial charge in [-0.2, -0.15) is 0 Å². The number of carbonyl (C=O) groups excluding carboxylic acids is 2. The molecular weight excluding hydrogens is 448 g/mol. The molecule has 0 aromatic carbocycles. The summed E-state index contributed by atoms with van der Waals surface area (Å²) in [5.41, 5.74) is -1.51. The van der Waals surface area contributed by atoms with Gasteiger partial charge >= 0.3 is 6.09 Å². The van der Waals surface area contributed by atoms with E-state index in [4.69, 9.17) is 9.16 Å². The Morgan fingerprint density at radius 1 is 1.18 bits per heavy atom. The third kappa shape index (κ3) is 4.61. The highest BCUT2D eigenvalue weighted by Gasteiger charge is 2.67. The van der Waals surface area contributed by atoms with Crippen molar-refractivity contribution >= 4 is 20.3 Å². The molecule has 2 aliphatic heterocycles. The Balaban J connectivity index is 1.93. The van der Waals surface area contributed by atoms with Gasteiger partial charge in [-0.3, -0.25) is 9.69 Å². The Morgan fingerprint density at radius 3 is 2.26 bits per heavy atom. The summed E-state index contributed by atoms with van der Waals surface area (Å²) in [5.74, 6) is 0.483. The van der Waals surface area contributed by atoms with Gasteiger partial charge in [-0.15, -0.1) is 0 Å². The van der Waals surface area contributed by atoms with Crippen LogP contribution in [0.2, 0.25) is 18.1 Å². The average molecular weight is 491 g/mol. The summed E-state index contributed by atoms with van der Waals surface area (Å²) in [4.78, 5) is 39.4. The summed E-state index contributed by atoms with van der Waals surface area (Å²) < 4.78 is 12.4. The highest BCUT2D eigenvalue weighted by molar-refractivity contribution is 6.74. The van der Waals surface area contributed by atoms with Gasteiger partial charge in [0.25, 0.3) is 5.91 Å². The van der Waals surface area contributed by atoms with Crippen molar-refractivity contribution in [2.45, 2.75) is 116 Å². The lowest BCUT2D eigenvalue weighted by Crippen LogP contribution is -2.79. The Morgan fingerprint density at radius 2 is 1.76 bits per heavy atom. The lowest BCUT2D eigenvalue weighted by atomic mass is 9.75. The molecule has 4 atom stereocenters. The Labute approximate surface area is 205 Å². The maximum absolute atomic E-state index is 13.9. The molecule has 3 rings (SSSR count). The largest absolute Gasteiger partial charge is 0.444 e. The third-order valence-corrected chi connectivity index (χ3v) is 12.2. The van der Waals surface area contributed by atoms with Gasteiger partial charge in [-0.25, -0.2) is 14.8 Å². The van der Waals surface area contributed by atoms with E-state index < -0.39 is 31.6 Å². The van der Waals surface area contributed by atoms with Gasteiger partial charge in [-0.05, 0) is 71.7 Å². The summed E-state index contributed by atoms with van der Waals surface area (Å²) in [7, 11) is -2.12. The SMILES string of the molecule is CC(O[Si](C)(C)C(C)(C)C)C(c1ncccn1)N1C(=O)C2(CCCN2C(=O)OC(C)(C)C)C1C. The van der Waals surface area contributed by atoms with Gasteiger partial charge in [0.15, 0.2) is 14.1 Å². The Hall–Kier alpha value is -2.00. The first kappa shape index (κ1) is 26.6. The molecule has 1 aromatic heterocycles. The summed E-state index contributed by atoms with van der Waals surface area (Å²) in [5, 5.41) is 0.0219. The minimum Gasteiger partial charge on any atom is -0.444 e. The van der Waals surface area contributed by atoms with Crippen molar-refractivity contribution in [1.29, 1.82) is 0 Å². The lowest BCUT2D eigenvalue weighted by Gasteiger charge is -2.59. The molecule has 3 heterocycles. The van der Waals surface area contributed by atoms with Crippen molar-refractivity contribution in [3.05, 3.63) is 24.3 Å². The topological polar surface area (TPSA) is 84.9 Å². The number of likely N-dealkylation sites (tertiary alicyclic amines) is 2. The molecule has 9 heteroatoms. The number of carbonyl (C=O) groups is 2. The molecule has 1 aromatic rings. The summed E-state index contributed by atoms with van der Waals surface area (Å²) in [6.07, 6.45) is 4.06. The number of aromatic nitrogens is 2. The van der Waals surface area contributed by atoms with Crippen LogP contribution in [0.25, 0.3) is 0 Å². The third-order valence-electron chi connectivity index (χ3n) is 7.63. The molecule has 2 aliphatic rings. The van der Waals surface area contributed by atoms with Crippen LogP contribution in [-0.4, -0.2) is 69.9 Å². The number of rotatable bonds is 5. The Kier molecular flexibility index (Phi) is 6.96. The van der Waals surface area contributed by atoms with E-state index in [9.17, 15) is 9.59 Å². The molecular formula is C25H42N4O4Si. The van der Waals surface area contributed by atoms with Crippen molar-refractivity contribution in [2.24, 2.45) is 0 Å². The predicted molar refractivity (Wildman–Crippen MR) is 134 cm³/mol. The molecule has 190 valence electrons. The standard InChI is InChI=1S/C25H42N4O4Si/c1-17(33-34(9,10)24(6,7)8)19(20-26-14-12-15-27-20)29-18(2)25(21(29)30)13-11-16-28(25)22(31)32-23(3,4)5/h12,14-15,17-19H,11,13,16H2,1-10H3. The first-order valence-corrected chi connectivity index (χ1v) is 15.2. The van der Waals surface area contributed by atoms with Crippen molar-refractivity contribution < 1.29 is 18.8 Å². The van der Waals surface area contributed by atoms with Gasteiger partial charge in [0, 0.05) is 18.9 Å². The molecule has 4 unspecified atom stereocenters. The van der Waals surface area contributed by atoms with E-state index in [1.165, 1.54) is 0 Å². The van der Waals surface area contributed by atoms with Crippen LogP contribution in [-0.2, 0) is 14.0 Å². The number of β-lactam (4-membered cyclic amide) rings is 1. The van der Waals surface area contributed by atoms with Crippen molar-refractivity contribution in [2.75, 3.05) is 6.54 Å². The van der Waals surface area contributed by atoms with E-state index in [2.05, 4.69) is 43.8 Å². The maximum Gasteiger partial charge on any atom is 0.411 e. The van der Waals surface area contributed by atoms with Crippen LogP contribution in [0.5, 0.6) is 0 Å².